The van der Waals surface area contributed by atoms with Crippen LogP contribution in [0.5, 0.6) is 11.5 Å². The molecule has 3 rings (SSSR count). The maximum atomic E-state index is 13.9. The van der Waals surface area contributed by atoms with E-state index in [0.29, 0.717) is 29.7 Å². The fourth-order valence-electron chi connectivity index (χ4n) is 2.63. The van der Waals surface area contributed by atoms with Crippen molar-refractivity contribution in [2.24, 2.45) is 4.99 Å². The van der Waals surface area contributed by atoms with Crippen LogP contribution < -0.4 is 14.8 Å². The van der Waals surface area contributed by atoms with Crippen LogP contribution in [0.3, 0.4) is 0 Å². The molecule has 0 aliphatic carbocycles. The number of amides is 1. The summed E-state index contributed by atoms with van der Waals surface area (Å²) in [4.78, 5) is 27.6. The van der Waals surface area contributed by atoms with E-state index in [-0.39, 0.29) is 29.7 Å². The van der Waals surface area contributed by atoms with E-state index in [4.69, 9.17) is 14.2 Å². The largest absolute Gasteiger partial charge is 0.493 e. The van der Waals surface area contributed by atoms with Crippen LogP contribution in [0.1, 0.15) is 18.1 Å². The lowest BCUT2D eigenvalue weighted by Gasteiger charge is -2.11. The summed E-state index contributed by atoms with van der Waals surface area (Å²) in [5, 5.41) is 2.61. The Kier molecular flexibility index (Phi) is 6.41. The number of carbonyl (C=O) groups excluding carboxylic acids is 2. The minimum Gasteiger partial charge on any atom is -0.493 e. The maximum absolute atomic E-state index is 13.9. The molecule has 0 fully saturated rings. The Bertz CT molecular complexity index is 1050. The number of nitrogens with zero attached hydrogens (tertiary/aromatic N) is 1. The van der Waals surface area contributed by atoms with Crippen LogP contribution in [-0.2, 0) is 14.3 Å². The highest BCUT2D eigenvalue weighted by Crippen LogP contribution is 2.30. The molecule has 0 saturated carbocycles. The number of carbonyl (C=O) groups is 2. The molecular weight excluding hydrogens is 398 g/mol. The second-order valence-electron chi connectivity index (χ2n) is 6.11. The first-order valence-corrected chi connectivity index (χ1v) is 8.96. The summed E-state index contributed by atoms with van der Waals surface area (Å²) in [5.41, 5.74) is 0.348. The SMILES string of the molecule is CCNC(=O)COc1ccc(/C=C2\N=C(c3ccc(F)cc3F)OC2=O)cc1OC. The van der Waals surface area contributed by atoms with Crippen LogP contribution in [0.2, 0.25) is 0 Å². The number of ether oxygens (including phenoxy) is 3. The van der Waals surface area contributed by atoms with Crippen molar-refractivity contribution in [2.75, 3.05) is 20.3 Å². The van der Waals surface area contributed by atoms with Crippen LogP contribution in [0.15, 0.2) is 47.1 Å². The lowest BCUT2D eigenvalue weighted by atomic mass is 10.1. The summed E-state index contributed by atoms with van der Waals surface area (Å²) < 4.78 is 42.7. The topological polar surface area (TPSA) is 86.2 Å². The van der Waals surface area contributed by atoms with Crippen LogP contribution in [0, 0.1) is 11.6 Å². The van der Waals surface area contributed by atoms with Gasteiger partial charge in [-0.2, -0.15) is 0 Å². The normalized spacial score (nSPS) is 14.3. The van der Waals surface area contributed by atoms with Crippen LogP contribution in [-0.4, -0.2) is 38.0 Å². The first kappa shape index (κ1) is 21.0. The number of rotatable bonds is 7. The van der Waals surface area contributed by atoms with Gasteiger partial charge in [-0.15, -0.1) is 0 Å². The van der Waals surface area contributed by atoms with E-state index in [0.717, 1.165) is 12.1 Å². The molecule has 7 nitrogen and oxygen atoms in total. The van der Waals surface area contributed by atoms with Crippen molar-refractivity contribution < 1.29 is 32.6 Å². The highest BCUT2D eigenvalue weighted by molar-refractivity contribution is 6.13. The molecule has 1 aliphatic rings. The summed E-state index contributed by atoms with van der Waals surface area (Å²) in [5.74, 6) is -2.25. The van der Waals surface area contributed by atoms with Gasteiger partial charge in [-0.05, 0) is 42.8 Å². The lowest BCUT2D eigenvalue weighted by molar-refractivity contribution is -0.130. The van der Waals surface area contributed by atoms with Crippen molar-refractivity contribution in [3.05, 3.63) is 64.9 Å². The van der Waals surface area contributed by atoms with Crippen molar-refractivity contribution in [3.63, 3.8) is 0 Å². The summed E-state index contributed by atoms with van der Waals surface area (Å²) in [6.07, 6.45) is 1.42. The average molecular weight is 416 g/mol. The van der Waals surface area contributed by atoms with Gasteiger partial charge in [0.15, 0.2) is 23.8 Å². The van der Waals surface area contributed by atoms with Crippen molar-refractivity contribution in [1.82, 2.24) is 5.32 Å². The van der Waals surface area contributed by atoms with Crippen LogP contribution in [0.25, 0.3) is 6.08 Å². The molecule has 1 heterocycles. The molecule has 2 aromatic rings. The number of esters is 1. The molecule has 0 unspecified atom stereocenters. The molecule has 1 N–H and O–H groups in total. The van der Waals surface area contributed by atoms with Gasteiger partial charge in [0.05, 0.1) is 12.7 Å². The van der Waals surface area contributed by atoms with Gasteiger partial charge in [-0.1, -0.05) is 6.07 Å². The van der Waals surface area contributed by atoms with Gasteiger partial charge in [0, 0.05) is 12.6 Å². The minimum atomic E-state index is -0.891. The molecule has 2 aromatic carbocycles. The average Bonchev–Trinajstić information content (AvgIpc) is 3.07. The zero-order chi connectivity index (χ0) is 21.7. The summed E-state index contributed by atoms with van der Waals surface area (Å²) >= 11 is 0. The molecule has 0 bridgehead atoms. The Balaban J connectivity index is 1.82. The molecule has 9 heteroatoms. The van der Waals surface area contributed by atoms with E-state index < -0.39 is 17.6 Å². The predicted molar refractivity (Wildman–Crippen MR) is 104 cm³/mol. The monoisotopic (exact) mass is 416 g/mol. The lowest BCUT2D eigenvalue weighted by Crippen LogP contribution is -2.28. The smallest absolute Gasteiger partial charge is 0.363 e. The molecule has 0 aromatic heterocycles. The molecule has 1 aliphatic heterocycles. The third-order valence-corrected chi connectivity index (χ3v) is 4.01. The van der Waals surface area contributed by atoms with Crippen molar-refractivity contribution in [3.8, 4) is 11.5 Å². The van der Waals surface area contributed by atoms with E-state index in [1.807, 2.05) is 0 Å². The molecule has 1 amide bonds. The molecule has 156 valence electrons. The molecule has 0 radical (unpaired) electrons. The molecular formula is C21H18F2N2O5. The van der Waals surface area contributed by atoms with Gasteiger partial charge >= 0.3 is 5.97 Å². The number of hydrogen-bond acceptors (Lipinski definition) is 6. The molecule has 0 spiro atoms. The quantitative estimate of drug-likeness (QED) is 0.554. The number of halogens is 2. The van der Waals surface area contributed by atoms with Gasteiger partial charge in [-0.25, -0.2) is 18.6 Å². The first-order chi connectivity index (χ1) is 14.4. The minimum absolute atomic E-state index is 0.0632. The standard InChI is InChI=1S/C21H18F2N2O5/c1-3-24-19(26)11-29-17-7-4-12(9-18(17)28-2)8-16-21(27)30-20(25-16)14-6-5-13(22)10-15(14)23/h4-10H,3,11H2,1-2H3,(H,24,26)/b16-8-. The third-order valence-electron chi connectivity index (χ3n) is 4.01. The second kappa shape index (κ2) is 9.17. The van der Waals surface area contributed by atoms with E-state index in [9.17, 15) is 18.4 Å². The number of likely N-dealkylation sites (N-methyl/N-ethyl adjacent to an activating group) is 1. The fourth-order valence-corrected chi connectivity index (χ4v) is 2.63. The van der Waals surface area contributed by atoms with Crippen LogP contribution in [0.4, 0.5) is 8.78 Å². The van der Waals surface area contributed by atoms with E-state index in [1.54, 1.807) is 25.1 Å². The van der Waals surface area contributed by atoms with Gasteiger partial charge in [-0.3, -0.25) is 4.79 Å². The number of hydrogen-bond donors (Lipinski definition) is 1. The maximum Gasteiger partial charge on any atom is 0.363 e. The number of cyclic esters (lactones) is 1. The van der Waals surface area contributed by atoms with Crippen LogP contribution >= 0.6 is 0 Å². The first-order valence-electron chi connectivity index (χ1n) is 8.96. The Morgan fingerprint density at radius 3 is 2.70 bits per heavy atom. The van der Waals surface area contributed by atoms with Crippen molar-refractivity contribution in [1.29, 1.82) is 0 Å². The van der Waals surface area contributed by atoms with E-state index in [2.05, 4.69) is 10.3 Å². The Labute approximate surface area is 171 Å². The third kappa shape index (κ3) is 4.80. The highest BCUT2D eigenvalue weighted by Gasteiger charge is 2.26. The zero-order valence-corrected chi connectivity index (χ0v) is 16.2. The number of benzene rings is 2. The van der Waals surface area contributed by atoms with Gasteiger partial charge in [0.1, 0.15) is 11.6 Å². The zero-order valence-electron chi connectivity index (χ0n) is 16.2. The summed E-state index contributed by atoms with van der Waals surface area (Å²) in [6.45, 7) is 2.12. The summed E-state index contributed by atoms with van der Waals surface area (Å²) in [7, 11) is 1.43. The fraction of sp³-hybridized carbons (Fsp3) is 0.190. The molecule has 0 atom stereocenters. The number of methoxy groups -OCH3 is 1. The van der Waals surface area contributed by atoms with Gasteiger partial charge in [0.25, 0.3) is 5.91 Å². The molecule has 30 heavy (non-hydrogen) atoms. The molecule has 0 saturated heterocycles. The van der Waals surface area contributed by atoms with Crippen molar-refractivity contribution in [2.45, 2.75) is 6.92 Å². The van der Waals surface area contributed by atoms with Crippen molar-refractivity contribution >= 4 is 23.9 Å². The Morgan fingerprint density at radius 2 is 2.00 bits per heavy atom. The van der Waals surface area contributed by atoms with E-state index >= 15 is 0 Å². The number of nitrogens with one attached hydrogen (secondary N) is 1. The Hall–Kier alpha value is -3.75. The Morgan fingerprint density at radius 1 is 1.20 bits per heavy atom. The van der Waals surface area contributed by atoms with E-state index in [1.165, 1.54) is 13.2 Å². The van der Waals surface area contributed by atoms with Gasteiger partial charge < -0.3 is 19.5 Å². The second-order valence-corrected chi connectivity index (χ2v) is 6.11. The van der Waals surface area contributed by atoms with Gasteiger partial charge in [0.2, 0.25) is 5.90 Å². The predicted octanol–water partition coefficient (Wildman–Crippen LogP) is 2.83. The number of aliphatic imine (C=N–C) groups is 1. The highest BCUT2D eigenvalue weighted by atomic mass is 19.1. The summed E-state index contributed by atoms with van der Waals surface area (Å²) in [6, 6.07) is 7.65.